The van der Waals surface area contributed by atoms with Crippen LogP contribution in [0.3, 0.4) is 0 Å². The van der Waals surface area contributed by atoms with Crippen molar-refractivity contribution < 1.29 is 13.2 Å². The van der Waals surface area contributed by atoms with Gasteiger partial charge in [0.25, 0.3) is 0 Å². The lowest BCUT2D eigenvalue weighted by molar-refractivity contribution is 0.200. The van der Waals surface area contributed by atoms with Crippen LogP contribution in [0.2, 0.25) is 0 Å². The number of carbonyl (C=O) groups excluding carboxylic acids is 1. The summed E-state index contributed by atoms with van der Waals surface area (Å²) in [5, 5.41) is 2.56. The molecule has 20 heavy (non-hydrogen) atoms. The van der Waals surface area contributed by atoms with E-state index in [9.17, 15) is 13.2 Å². The lowest BCUT2D eigenvalue weighted by Gasteiger charge is -2.31. The third-order valence-electron chi connectivity index (χ3n) is 3.72. The number of likely N-dealkylation sites (tertiary alicyclic amines) is 1. The number of carbonyl (C=O) groups is 1. The summed E-state index contributed by atoms with van der Waals surface area (Å²) in [6.45, 7) is 2.90. The average Bonchev–Trinajstić information content (AvgIpc) is 2.40. The van der Waals surface area contributed by atoms with Gasteiger partial charge in [-0.2, -0.15) is 0 Å². The van der Waals surface area contributed by atoms with E-state index in [4.69, 9.17) is 0 Å². The molecule has 0 atom stereocenters. The summed E-state index contributed by atoms with van der Waals surface area (Å²) in [5.74, 6) is 0. The lowest BCUT2D eigenvalue weighted by atomic mass is 10.1. The molecule has 0 aromatic heterocycles. The number of nitrogens with zero attached hydrogens (tertiary/aromatic N) is 1. The topological polar surface area (TPSA) is 66.5 Å². The Bertz CT molecular complexity index is 590. The summed E-state index contributed by atoms with van der Waals surface area (Å²) < 4.78 is 23.0. The molecule has 1 aliphatic rings. The second-order valence-corrected chi connectivity index (χ2v) is 7.59. The fraction of sp³-hybridized carbons (Fsp3) is 0.500. The number of rotatable bonds is 2. The molecule has 0 aliphatic carbocycles. The normalized spacial score (nSPS) is 17.0. The summed E-state index contributed by atoms with van der Waals surface area (Å²) >= 11 is 0. The molecule has 5 nitrogen and oxygen atoms in total. The first-order valence-corrected chi connectivity index (χ1v) is 8.64. The molecule has 1 fully saturated rings. The van der Waals surface area contributed by atoms with Gasteiger partial charge in [0.05, 0.1) is 5.25 Å². The quantitative estimate of drug-likeness (QED) is 0.908. The minimum Gasteiger partial charge on any atom is -0.324 e. The van der Waals surface area contributed by atoms with Crippen molar-refractivity contribution >= 4 is 21.6 Å². The summed E-state index contributed by atoms with van der Waals surface area (Å²) in [6, 6.07) is 7.43. The van der Waals surface area contributed by atoms with Gasteiger partial charge in [0.15, 0.2) is 0 Å². The highest BCUT2D eigenvalue weighted by Gasteiger charge is 2.28. The number of benzene rings is 1. The fourth-order valence-electron chi connectivity index (χ4n) is 2.39. The predicted octanol–water partition coefficient (Wildman–Crippen LogP) is 2.04. The molecule has 6 heteroatoms. The number of aryl methyl sites for hydroxylation is 1. The Balaban J connectivity index is 1.94. The molecule has 0 unspecified atom stereocenters. The average molecular weight is 296 g/mol. The van der Waals surface area contributed by atoms with E-state index < -0.39 is 9.84 Å². The second kappa shape index (κ2) is 5.83. The molecule has 0 radical (unpaired) electrons. The highest BCUT2D eigenvalue weighted by Crippen LogP contribution is 2.19. The Hall–Kier alpha value is -1.56. The molecule has 0 spiro atoms. The Labute approximate surface area is 119 Å². The summed E-state index contributed by atoms with van der Waals surface area (Å²) in [5.41, 5.74) is 1.80. The maximum absolute atomic E-state index is 12.1. The number of anilines is 1. The zero-order valence-corrected chi connectivity index (χ0v) is 12.6. The number of hydrogen-bond donors (Lipinski definition) is 1. The summed E-state index contributed by atoms with van der Waals surface area (Å²) in [4.78, 5) is 13.8. The van der Waals surface area contributed by atoms with Gasteiger partial charge in [0.1, 0.15) is 9.84 Å². The van der Waals surface area contributed by atoms with Crippen LogP contribution in [-0.2, 0) is 9.84 Å². The SMILES string of the molecule is Cc1ccccc1NC(=O)N1CCC(S(C)(=O)=O)CC1. The van der Waals surface area contributed by atoms with Crippen LogP contribution in [0, 0.1) is 6.92 Å². The van der Waals surface area contributed by atoms with Crippen molar-refractivity contribution in [3.05, 3.63) is 29.8 Å². The smallest absolute Gasteiger partial charge is 0.321 e. The Morgan fingerprint density at radius 1 is 1.25 bits per heavy atom. The molecular formula is C14H20N2O3S. The van der Waals surface area contributed by atoms with Crippen LogP contribution in [0.5, 0.6) is 0 Å². The molecule has 1 saturated heterocycles. The number of hydrogen-bond acceptors (Lipinski definition) is 3. The first-order chi connectivity index (χ1) is 9.38. The molecule has 1 N–H and O–H groups in total. The van der Waals surface area contributed by atoms with Crippen LogP contribution in [0.25, 0.3) is 0 Å². The largest absolute Gasteiger partial charge is 0.324 e. The van der Waals surface area contributed by atoms with Crippen molar-refractivity contribution in [2.75, 3.05) is 24.7 Å². The molecule has 110 valence electrons. The van der Waals surface area contributed by atoms with E-state index in [0.29, 0.717) is 25.9 Å². The Morgan fingerprint density at radius 3 is 2.40 bits per heavy atom. The van der Waals surface area contributed by atoms with Gasteiger partial charge in [-0.3, -0.25) is 0 Å². The predicted molar refractivity (Wildman–Crippen MR) is 79.6 cm³/mol. The molecule has 0 bridgehead atoms. The summed E-state index contributed by atoms with van der Waals surface area (Å²) in [6.07, 6.45) is 2.29. The zero-order valence-electron chi connectivity index (χ0n) is 11.8. The van der Waals surface area contributed by atoms with Crippen molar-refractivity contribution in [2.45, 2.75) is 25.0 Å². The highest BCUT2D eigenvalue weighted by molar-refractivity contribution is 7.91. The molecule has 0 saturated carbocycles. The number of sulfone groups is 1. The van der Waals surface area contributed by atoms with Gasteiger partial charge in [-0.1, -0.05) is 18.2 Å². The van der Waals surface area contributed by atoms with Crippen molar-refractivity contribution in [3.63, 3.8) is 0 Å². The zero-order chi connectivity index (χ0) is 14.8. The molecule has 1 aromatic rings. The highest BCUT2D eigenvalue weighted by atomic mass is 32.2. The number of para-hydroxylation sites is 1. The Kier molecular flexibility index (Phi) is 4.32. The van der Waals surface area contributed by atoms with Crippen LogP contribution in [-0.4, -0.2) is 43.9 Å². The minimum absolute atomic E-state index is 0.161. The van der Waals surface area contributed by atoms with Crippen molar-refractivity contribution in [2.24, 2.45) is 0 Å². The maximum atomic E-state index is 12.1. The van der Waals surface area contributed by atoms with E-state index in [1.54, 1.807) is 4.90 Å². The van der Waals surface area contributed by atoms with E-state index in [-0.39, 0.29) is 11.3 Å². The molecule has 1 aliphatic heterocycles. The van der Waals surface area contributed by atoms with E-state index >= 15 is 0 Å². The van der Waals surface area contributed by atoms with Gasteiger partial charge in [-0.15, -0.1) is 0 Å². The third-order valence-corrected chi connectivity index (χ3v) is 5.40. The van der Waals surface area contributed by atoms with E-state index in [1.165, 1.54) is 6.26 Å². The van der Waals surface area contributed by atoms with E-state index in [1.807, 2.05) is 31.2 Å². The molecule has 2 amide bonds. The standard InChI is InChI=1S/C14H20N2O3S/c1-11-5-3-4-6-13(11)15-14(17)16-9-7-12(8-10-16)20(2,18)19/h3-6,12H,7-10H2,1-2H3,(H,15,17). The fourth-order valence-corrected chi connectivity index (χ4v) is 3.46. The van der Waals surface area contributed by atoms with Crippen molar-refractivity contribution in [3.8, 4) is 0 Å². The van der Waals surface area contributed by atoms with Crippen LogP contribution in [0.1, 0.15) is 18.4 Å². The molecule has 2 rings (SSSR count). The first-order valence-electron chi connectivity index (χ1n) is 6.68. The third kappa shape index (κ3) is 3.50. The van der Waals surface area contributed by atoms with Crippen LogP contribution >= 0.6 is 0 Å². The summed E-state index contributed by atoms with van der Waals surface area (Å²) in [7, 11) is -3.00. The van der Waals surface area contributed by atoms with Crippen molar-refractivity contribution in [1.29, 1.82) is 0 Å². The van der Waals surface area contributed by atoms with Gasteiger partial charge in [-0.05, 0) is 31.4 Å². The monoisotopic (exact) mass is 296 g/mol. The number of amides is 2. The van der Waals surface area contributed by atoms with Crippen LogP contribution in [0.15, 0.2) is 24.3 Å². The molecule has 1 heterocycles. The van der Waals surface area contributed by atoms with Gasteiger partial charge < -0.3 is 10.2 Å². The minimum atomic E-state index is -3.00. The van der Waals surface area contributed by atoms with E-state index in [0.717, 1.165) is 11.3 Å². The van der Waals surface area contributed by atoms with Gasteiger partial charge in [-0.25, -0.2) is 13.2 Å². The number of urea groups is 1. The molecule has 1 aromatic carbocycles. The Morgan fingerprint density at radius 2 is 1.85 bits per heavy atom. The van der Waals surface area contributed by atoms with Crippen LogP contribution < -0.4 is 5.32 Å². The molecular weight excluding hydrogens is 276 g/mol. The van der Waals surface area contributed by atoms with Gasteiger partial charge in [0, 0.05) is 25.0 Å². The maximum Gasteiger partial charge on any atom is 0.321 e. The lowest BCUT2D eigenvalue weighted by Crippen LogP contribution is -2.44. The number of nitrogens with one attached hydrogen (secondary N) is 1. The first kappa shape index (κ1) is 14.8. The van der Waals surface area contributed by atoms with Crippen molar-refractivity contribution in [1.82, 2.24) is 4.90 Å². The van der Waals surface area contributed by atoms with E-state index in [2.05, 4.69) is 5.32 Å². The number of piperidine rings is 1. The second-order valence-electron chi connectivity index (χ2n) is 5.26. The van der Waals surface area contributed by atoms with Gasteiger partial charge in [0.2, 0.25) is 0 Å². The van der Waals surface area contributed by atoms with Crippen LogP contribution in [0.4, 0.5) is 10.5 Å². The van der Waals surface area contributed by atoms with Gasteiger partial charge >= 0.3 is 6.03 Å².